The number of ether oxygens (including phenoxy) is 1. The number of hydrogen-bond acceptors (Lipinski definition) is 4. The molecule has 2 heterocycles. The first-order valence-electron chi connectivity index (χ1n) is 6.65. The lowest BCUT2D eigenvalue weighted by atomic mass is 10.1. The molecule has 0 spiro atoms. The number of benzene rings is 1. The Morgan fingerprint density at radius 1 is 1.20 bits per heavy atom. The Hall–Kier alpha value is -1.65. The quantitative estimate of drug-likeness (QED) is 0.940. The fraction of sp³-hybridized carbons (Fsp3) is 0.333. The number of nitrogens with one attached hydrogen (secondary N) is 1. The van der Waals surface area contributed by atoms with Gasteiger partial charge in [0, 0.05) is 24.8 Å². The zero-order chi connectivity index (χ0) is 12.9. The third kappa shape index (κ3) is 3.68. The standard InChI is InChI=1S/C15H17N3O.ClH/c1-2-5-12(6-3-1)14-9-15(18-11-17-14)16-10-13-7-4-8-19-13;/h1-3,5-6,9,11,13H,4,7-8,10H2,(H,16,17,18);1H. The van der Waals surface area contributed by atoms with Crippen LogP contribution in [-0.2, 0) is 4.74 Å². The molecule has 20 heavy (non-hydrogen) atoms. The van der Waals surface area contributed by atoms with Crippen LogP contribution in [0.15, 0.2) is 42.7 Å². The topological polar surface area (TPSA) is 47.0 Å². The molecule has 1 aromatic carbocycles. The van der Waals surface area contributed by atoms with Gasteiger partial charge in [-0.3, -0.25) is 0 Å². The Kier molecular flexibility index (Phi) is 5.32. The molecule has 0 radical (unpaired) electrons. The van der Waals surface area contributed by atoms with Gasteiger partial charge in [-0.2, -0.15) is 0 Å². The predicted octanol–water partition coefficient (Wildman–Crippen LogP) is 3.16. The second-order valence-corrected chi connectivity index (χ2v) is 4.67. The van der Waals surface area contributed by atoms with Crippen LogP contribution in [0, 0.1) is 0 Å². The van der Waals surface area contributed by atoms with E-state index in [1.54, 1.807) is 6.33 Å². The smallest absolute Gasteiger partial charge is 0.130 e. The van der Waals surface area contributed by atoms with Crippen molar-refractivity contribution in [2.75, 3.05) is 18.5 Å². The highest BCUT2D eigenvalue weighted by Crippen LogP contribution is 2.18. The van der Waals surface area contributed by atoms with E-state index in [1.165, 1.54) is 0 Å². The first kappa shape index (κ1) is 14.8. The summed E-state index contributed by atoms with van der Waals surface area (Å²) in [7, 11) is 0. The molecule has 106 valence electrons. The van der Waals surface area contributed by atoms with Gasteiger partial charge in [0.25, 0.3) is 0 Å². The molecule has 5 heteroatoms. The van der Waals surface area contributed by atoms with Gasteiger partial charge in [0.2, 0.25) is 0 Å². The van der Waals surface area contributed by atoms with E-state index in [0.717, 1.165) is 43.1 Å². The second-order valence-electron chi connectivity index (χ2n) is 4.67. The molecule has 1 fully saturated rings. The third-order valence-electron chi connectivity index (χ3n) is 3.27. The van der Waals surface area contributed by atoms with Gasteiger partial charge in [-0.1, -0.05) is 30.3 Å². The summed E-state index contributed by atoms with van der Waals surface area (Å²) in [5.74, 6) is 0.851. The molecule has 1 aromatic heterocycles. The van der Waals surface area contributed by atoms with Crippen LogP contribution in [0.5, 0.6) is 0 Å². The lowest BCUT2D eigenvalue weighted by Gasteiger charge is -2.11. The summed E-state index contributed by atoms with van der Waals surface area (Å²) in [5, 5.41) is 3.32. The fourth-order valence-electron chi connectivity index (χ4n) is 2.24. The van der Waals surface area contributed by atoms with Gasteiger partial charge >= 0.3 is 0 Å². The molecule has 0 aliphatic carbocycles. The maximum Gasteiger partial charge on any atom is 0.130 e. The fourth-order valence-corrected chi connectivity index (χ4v) is 2.24. The number of aromatic nitrogens is 2. The van der Waals surface area contributed by atoms with Crippen molar-refractivity contribution in [3.05, 3.63) is 42.7 Å². The van der Waals surface area contributed by atoms with Crippen LogP contribution >= 0.6 is 12.4 Å². The maximum atomic E-state index is 5.58. The normalized spacial score (nSPS) is 17.5. The van der Waals surface area contributed by atoms with Gasteiger partial charge in [0.05, 0.1) is 11.8 Å². The summed E-state index contributed by atoms with van der Waals surface area (Å²) in [4.78, 5) is 8.56. The van der Waals surface area contributed by atoms with Gasteiger partial charge in [-0.25, -0.2) is 9.97 Å². The van der Waals surface area contributed by atoms with Crippen LogP contribution in [0.2, 0.25) is 0 Å². The minimum absolute atomic E-state index is 0. The molecule has 0 saturated carbocycles. The van der Waals surface area contributed by atoms with Crippen LogP contribution in [0.25, 0.3) is 11.3 Å². The van der Waals surface area contributed by atoms with Crippen LogP contribution in [0.4, 0.5) is 5.82 Å². The minimum atomic E-state index is 0. The molecule has 0 bridgehead atoms. The lowest BCUT2D eigenvalue weighted by molar-refractivity contribution is 0.120. The first-order valence-corrected chi connectivity index (χ1v) is 6.65. The molecule has 1 unspecified atom stereocenters. The molecule has 2 aromatic rings. The highest BCUT2D eigenvalue weighted by Gasteiger charge is 2.15. The van der Waals surface area contributed by atoms with Crippen molar-refractivity contribution in [1.29, 1.82) is 0 Å². The molecule has 1 atom stereocenters. The summed E-state index contributed by atoms with van der Waals surface area (Å²) in [5.41, 5.74) is 2.04. The van der Waals surface area contributed by atoms with Crippen LogP contribution < -0.4 is 5.32 Å². The Balaban J connectivity index is 0.00000147. The number of nitrogens with zero attached hydrogens (tertiary/aromatic N) is 2. The summed E-state index contributed by atoms with van der Waals surface area (Å²) in [6, 6.07) is 12.1. The van der Waals surface area contributed by atoms with Crippen LogP contribution in [-0.4, -0.2) is 29.2 Å². The monoisotopic (exact) mass is 291 g/mol. The van der Waals surface area contributed by atoms with E-state index in [1.807, 2.05) is 36.4 Å². The molecular weight excluding hydrogens is 274 g/mol. The van der Waals surface area contributed by atoms with Crippen molar-refractivity contribution < 1.29 is 4.74 Å². The highest BCUT2D eigenvalue weighted by atomic mass is 35.5. The largest absolute Gasteiger partial charge is 0.376 e. The molecule has 0 amide bonds. The summed E-state index contributed by atoms with van der Waals surface area (Å²) < 4.78 is 5.58. The molecule has 3 rings (SSSR count). The Labute approximate surface area is 125 Å². The third-order valence-corrected chi connectivity index (χ3v) is 3.27. The van der Waals surface area contributed by atoms with Gasteiger partial charge in [-0.05, 0) is 12.8 Å². The van der Waals surface area contributed by atoms with Crippen LogP contribution in [0.1, 0.15) is 12.8 Å². The zero-order valence-electron chi connectivity index (χ0n) is 11.2. The van der Waals surface area contributed by atoms with E-state index < -0.39 is 0 Å². The van der Waals surface area contributed by atoms with Crippen molar-refractivity contribution in [3.8, 4) is 11.3 Å². The first-order chi connectivity index (χ1) is 9.42. The Morgan fingerprint density at radius 2 is 2.05 bits per heavy atom. The van der Waals surface area contributed by atoms with Crippen molar-refractivity contribution in [2.24, 2.45) is 0 Å². The molecule has 1 aliphatic heterocycles. The molecule has 4 nitrogen and oxygen atoms in total. The van der Waals surface area contributed by atoms with E-state index in [0.29, 0.717) is 6.10 Å². The van der Waals surface area contributed by atoms with Crippen molar-refractivity contribution in [3.63, 3.8) is 0 Å². The van der Waals surface area contributed by atoms with Gasteiger partial charge in [0.1, 0.15) is 12.1 Å². The Morgan fingerprint density at radius 3 is 2.80 bits per heavy atom. The predicted molar refractivity (Wildman–Crippen MR) is 82.2 cm³/mol. The Bertz CT molecular complexity index is 530. The van der Waals surface area contributed by atoms with Crippen molar-refractivity contribution >= 4 is 18.2 Å². The van der Waals surface area contributed by atoms with Crippen molar-refractivity contribution in [2.45, 2.75) is 18.9 Å². The summed E-state index contributed by atoms with van der Waals surface area (Å²) in [6.07, 6.45) is 4.20. The number of hydrogen-bond donors (Lipinski definition) is 1. The van der Waals surface area contributed by atoms with E-state index >= 15 is 0 Å². The number of anilines is 1. The molecular formula is C15H18ClN3O. The highest BCUT2D eigenvalue weighted by molar-refractivity contribution is 5.85. The van der Waals surface area contributed by atoms with Gasteiger partial charge < -0.3 is 10.1 Å². The van der Waals surface area contributed by atoms with Crippen LogP contribution in [0.3, 0.4) is 0 Å². The van der Waals surface area contributed by atoms with E-state index in [4.69, 9.17) is 4.74 Å². The SMILES string of the molecule is Cl.c1ccc(-c2cc(NCC3CCCO3)ncn2)cc1. The zero-order valence-corrected chi connectivity index (χ0v) is 12.0. The average molecular weight is 292 g/mol. The maximum absolute atomic E-state index is 5.58. The van der Waals surface area contributed by atoms with E-state index in [-0.39, 0.29) is 12.4 Å². The van der Waals surface area contributed by atoms with E-state index in [9.17, 15) is 0 Å². The summed E-state index contributed by atoms with van der Waals surface area (Å²) >= 11 is 0. The minimum Gasteiger partial charge on any atom is -0.376 e. The van der Waals surface area contributed by atoms with Crippen molar-refractivity contribution in [1.82, 2.24) is 9.97 Å². The van der Waals surface area contributed by atoms with Gasteiger partial charge in [0.15, 0.2) is 0 Å². The lowest BCUT2D eigenvalue weighted by Crippen LogP contribution is -2.18. The average Bonchev–Trinajstić information content (AvgIpc) is 3.00. The molecule has 1 saturated heterocycles. The molecule has 1 N–H and O–H groups in total. The number of halogens is 1. The number of rotatable bonds is 4. The summed E-state index contributed by atoms with van der Waals surface area (Å²) in [6.45, 7) is 1.69. The molecule has 1 aliphatic rings. The van der Waals surface area contributed by atoms with E-state index in [2.05, 4.69) is 15.3 Å². The van der Waals surface area contributed by atoms with Gasteiger partial charge in [-0.15, -0.1) is 12.4 Å². The second kappa shape index (κ2) is 7.22.